The molecule has 0 saturated heterocycles. The third-order valence-corrected chi connectivity index (χ3v) is 4.05. The SMILES string of the molecule is CN(NC(=O)/C=C\n1cnc(-c2cc(C(F)(F)F)cc(C(F)(F)F)c2)n1)C1=CN=CCN1. The lowest BCUT2D eigenvalue weighted by atomic mass is 10.0. The molecule has 0 aliphatic carbocycles. The lowest BCUT2D eigenvalue weighted by Gasteiger charge is -2.23. The van der Waals surface area contributed by atoms with Crippen LogP contribution in [0.25, 0.3) is 17.6 Å². The van der Waals surface area contributed by atoms with Crippen molar-refractivity contribution in [1.82, 2.24) is 30.5 Å². The van der Waals surface area contributed by atoms with Crippen molar-refractivity contribution in [2.24, 2.45) is 4.99 Å². The third kappa shape index (κ3) is 5.65. The highest BCUT2D eigenvalue weighted by Gasteiger charge is 2.37. The molecule has 0 radical (unpaired) electrons. The number of benzene rings is 1. The van der Waals surface area contributed by atoms with E-state index >= 15 is 0 Å². The second-order valence-electron chi connectivity index (χ2n) is 6.42. The van der Waals surface area contributed by atoms with Crippen LogP contribution in [0.15, 0.2) is 47.6 Å². The molecular formula is C18H15F6N7O. The number of hydrazine groups is 1. The molecule has 3 rings (SSSR count). The lowest BCUT2D eigenvalue weighted by molar-refractivity contribution is -0.143. The van der Waals surface area contributed by atoms with E-state index in [1.165, 1.54) is 11.2 Å². The van der Waals surface area contributed by atoms with Gasteiger partial charge in [-0.1, -0.05) is 0 Å². The topological polar surface area (TPSA) is 87.4 Å². The van der Waals surface area contributed by atoms with Crippen LogP contribution in [0, 0.1) is 0 Å². The van der Waals surface area contributed by atoms with Crippen molar-refractivity contribution in [3.63, 3.8) is 0 Å². The molecule has 0 spiro atoms. The van der Waals surface area contributed by atoms with Gasteiger partial charge < -0.3 is 5.32 Å². The maximum absolute atomic E-state index is 13.0. The Morgan fingerprint density at radius 3 is 2.38 bits per heavy atom. The summed E-state index contributed by atoms with van der Waals surface area (Å²) >= 11 is 0. The first kappa shape index (κ1) is 22.8. The van der Waals surface area contributed by atoms with Gasteiger partial charge in [0.1, 0.15) is 12.1 Å². The largest absolute Gasteiger partial charge is 0.416 e. The van der Waals surface area contributed by atoms with Gasteiger partial charge in [-0.25, -0.2) is 9.67 Å². The minimum absolute atomic E-state index is 0.0170. The summed E-state index contributed by atoms with van der Waals surface area (Å²) in [5, 5.41) is 8.15. The van der Waals surface area contributed by atoms with E-state index in [9.17, 15) is 31.1 Å². The minimum Gasteiger partial charge on any atom is -0.364 e. The fourth-order valence-corrected chi connectivity index (χ4v) is 2.55. The second-order valence-corrected chi connectivity index (χ2v) is 6.42. The molecule has 0 unspecified atom stereocenters. The van der Waals surface area contributed by atoms with Crippen LogP contribution in [0.4, 0.5) is 26.3 Å². The molecule has 0 fully saturated rings. The average molecular weight is 459 g/mol. The number of aliphatic imine (C=N–C) groups is 1. The number of alkyl halides is 6. The Labute approximate surface area is 176 Å². The Kier molecular flexibility index (Phi) is 6.23. The van der Waals surface area contributed by atoms with Crippen molar-refractivity contribution in [2.45, 2.75) is 12.4 Å². The number of nitrogens with one attached hydrogen (secondary N) is 2. The Morgan fingerprint density at radius 2 is 1.81 bits per heavy atom. The normalized spacial score (nSPS) is 14.3. The number of hydrogen-bond donors (Lipinski definition) is 2. The van der Waals surface area contributed by atoms with Crippen LogP contribution in [-0.4, -0.2) is 45.5 Å². The first-order valence-electron chi connectivity index (χ1n) is 8.83. The zero-order valence-electron chi connectivity index (χ0n) is 16.2. The molecule has 1 aromatic heterocycles. The van der Waals surface area contributed by atoms with Gasteiger partial charge >= 0.3 is 12.4 Å². The van der Waals surface area contributed by atoms with E-state index in [1.54, 1.807) is 13.3 Å². The fraction of sp³-hybridized carbons (Fsp3) is 0.222. The molecule has 0 atom stereocenters. The maximum Gasteiger partial charge on any atom is 0.416 e. The van der Waals surface area contributed by atoms with Gasteiger partial charge in [0.2, 0.25) is 0 Å². The van der Waals surface area contributed by atoms with Crippen LogP contribution >= 0.6 is 0 Å². The van der Waals surface area contributed by atoms with Crippen LogP contribution in [0.3, 0.4) is 0 Å². The number of hydrogen-bond acceptors (Lipinski definition) is 6. The Morgan fingerprint density at radius 1 is 1.16 bits per heavy atom. The van der Waals surface area contributed by atoms with Gasteiger partial charge in [0, 0.05) is 31.1 Å². The van der Waals surface area contributed by atoms with Crippen molar-refractivity contribution >= 4 is 18.3 Å². The van der Waals surface area contributed by atoms with Gasteiger partial charge in [-0.2, -0.15) is 26.3 Å². The van der Waals surface area contributed by atoms with Gasteiger partial charge in [0.15, 0.2) is 5.82 Å². The molecule has 14 heteroatoms. The standard InChI is InChI=1S/C18H15F6N7O/c1-30(14-9-25-3-4-26-14)28-15(32)2-5-31-10-27-16(29-31)11-6-12(17(19,20)21)8-13(7-11)18(22,23)24/h2-3,5-10,26H,4H2,1H3,(H,28,32)/b5-2-. The summed E-state index contributed by atoms with van der Waals surface area (Å²) in [6, 6.07) is 1.06. The molecule has 2 aromatic rings. The van der Waals surface area contributed by atoms with Gasteiger partial charge in [0.05, 0.1) is 23.9 Å². The van der Waals surface area contributed by atoms with Crippen LogP contribution in [0.1, 0.15) is 11.1 Å². The zero-order valence-corrected chi connectivity index (χ0v) is 16.2. The molecule has 2 heterocycles. The van der Waals surface area contributed by atoms with Crippen molar-refractivity contribution in [1.29, 1.82) is 0 Å². The zero-order chi connectivity index (χ0) is 23.5. The van der Waals surface area contributed by atoms with E-state index in [4.69, 9.17) is 0 Å². The van der Waals surface area contributed by atoms with E-state index in [-0.39, 0.29) is 11.9 Å². The molecule has 0 bridgehead atoms. The van der Waals surface area contributed by atoms with Crippen molar-refractivity contribution in [3.8, 4) is 11.4 Å². The maximum atomic E-state index is 13.0. The number of carbonyl (C=O) groups excluding carboxylic acids is 1. The summed E-state index contributed by atoms with van der Waals surface area (Å²) in [4.78, 5) is 19.7. The monoisotopic (exact) mass is 459 g/mol. The van der Waals surface area contributed by atoms with Crippen molar-refractivity contribution in [3.05, 3.63) is 53.8 Å². The van der Waals surface area contributed by atoms with Gasteiger partial charge in [-0.15, -0.1) is 5.10 Å². The third-order valence-electron chi connectivity index (χ3n) is 4.05. The van der Waals surface area contributed by atoms with E-state index < -0.39 is 35.0 Å². The minimum atomic E-state index is -4.99. The summed E-state index contributed by atoms with van der Waals surface area (Å²) in [5.74, 6) is -0.430. The Hall–Kier alpha value is -3.84. The number of nitrogens with zero attached hydrogens (tertiary/aromatic N) is 5. The van der Waals surface area contributed by atoms with Crippen LogP contribution in [0.2, 0.25) is 0 Å². The Balaban J connectivity index is 1.77. The fourth-order valence-electron chi connectivity index (χ4n) is 2.55. The summed E-state index contributed by atoms with van der Waals surface area (Å²) in [7, 11) is 1.56. The lowest BCUT2D eigenvalue weighted by Crippen LogP contribution is -2.43. The summed E-state index contributed by atoms with van der Waals surface area (Å²) < 4.78 is 79.1. The summed E-state index contributed by atoms with van der Waals surface area (Å²) in [6.07, 6.45) is -3.64. The quantitative estimate of drug-likeness (QED) is 0.408. The summed E-state index contributed by atoms with van der Waals surface area (Å²) in [6.45, 7) is 0.481. The highest BCUT2D eigenvalue weighted by molar-refractivity contribution is 5.89. The van der Waals surface area contributed by atoms with Gasteiger partial charge in [-0.05, 0) is 18.2 Å². The predicted molar refractivity (Wildman–Crippen MR) is 101 cm³/mol. The number of rotatable bonds is 5. The molecule has 170 valence electrons. The first-order chi connectivity index (χ1) is 14.9. The number of amides is 1. The molecule has 32 heavy (non-hydrogen) atoms. The summed E-state index contributed by atoms with van der Waals surface area (Å²) in [5.41, 5.74) is -0.935. The number of aromatic nitrogens is 3. The first-order valence-corrected chi connectivity index (χ1v) is 8.83. The number of carbonyl (C=O) groups is 1. The van der Waals surface area contributed by atoms with E-state index in [1.807, 2.05) is 0 Å². The molecule has 1 aromatic carbocycles. The van der Waals surface area contributed by atoms with E-state index in [0.29, 0.717) is 24.5 Å². The van der Waals surface area contributed by atoms with Crippen LogP contribution in [0.5, 0.6) is 0 Å². The van der Waals surface area contributed by atoms with Crippen LogP contribution < -0.4 is 10.7 Å². The van der Waals surface area contributed by atoms with Crippen molar-refractivity contribution in [2.75, 3.05) is 13.6 Å². The highest BCUT2D eigenvalue weighted by atomic mass is 19.4. The predicted octanol–water partition coefficient (Wildman–Crippen LogP) is 2.89. The molecule has 0 saturated carbocycles. The second kappa shape index (κ2) is 8.72. The smallest absolute Gasteiger partial charge is 0.364 e. The van der Waals surface area contributed by atoms with Gasteiger partial charge in [-0.3, -0.25) is 20.2 Å². The van der Waals surface area contributed by atoms with Crippen molar-refractivity contribution < 1.29 is 31.1 Å². The van der Waals surface area contributed by atoms with E-state index in [0.717, 1.165) is 23.3 Å². The molecule has 8 nitrogen and oxygen atoms in total. The average Bonchev–Trinajstić information content (AvgIpc) is 3.20. The number of halogens is 6. The van der Waals surface area contributed by atoms with Gasteiger partial charge in [0.25, 0.3) is 5.91 Å². The molecule has 2 N–H and O–H groups in total. The molecule has 1 aliphatic heterocycles. The Bertz CT molecular complexity index is 1050. The highest BCUT2D eigenvalue weighted by Crippen LogP contribution is 2.38. The van der Waals surface area contributed by atoms with E-state index in [2.05, 4.69) is 25.8 Å². The van der Waals surface area contributed by atoms with Crippen LogP contribution in [-0.2, 0) is 17.1 Å². The molecule has 1 aliphatic rings. The molecular weight excluding hydrogens is 444 g/mol. The molecule has 1 amide bonds.